The van der Waals surface area contributed by atoms with Crippen molar-refractivity contribution >= 4 is 5.91 Å². The van der Waals surface area contributed by atoms with E-state index in [1.54, 1.807) is 4.90 Å². The second-order valence-corrected chi connectivity index (χ2v) is 19.9. The molecule has 9 unspecified atom stereocenters. The van der Waals surface area contributed by atoms with Gasteiger partial charge in [-0.3, -0.25) is 9.69 Å². The summed E-state index contributed by atoms with van der Waals surface area (Å²) in [4.78, 5) is 16.9. The molecule has 8 fully saturated rings. The molecule has 3 heterocycles. The van der Waals surface area contributed by atoms with E-state index < -0.39 is 17.7 Å². The normalized spacial score (nSPS) is 47.3. The van der Waals surface area contributed by atoms with E-state index in [1.807, 2.05) is 0 Å². The van der Waals surface area contributed by atoms with Gasteiger partial charge in [0.25, 0.3) is 0 Å². The molecule has 1 amide bonds. The third kappa shape index (κ3) is 5.34. The van der Waals surface area contributed by atoms with Crippen LogP contribution in [0.1, 0.15) is 98.5 Å². The van der Waals surface area contributed by atoms with Crippen LogP contribution in [0.3, 0.4) is 0 Å². The van der Waals surface area contributed by atoms with Gasteiger partial charge in [0, 0.05) is 38.0 Å². The summed E-state index contributed by atoms with van der Waals surface area (Å²) in [6, 6.07) is 3.92. The Morgan fingerprint density at radius 1 is 1.02 bits per heavy atom. The molecule has 0 aromatic heterocycles. The van der Waals surface area contributed by atoms with Gasteiger partial charge in [0.05, 0.1) is 56.8 Å². The highest BCUT2D eigenvalue weighted by Gasteiger charge is 2.84. The van der Waals surface area contributed by atoms with Crippen LogP contribution in [0.2, 0.25) is 0 Å². The highest BCUT2D eigenvalue weighted by molar-refractivity contribution is 5.73. The van der Waals surface area contributed by atoms with Crippen LogP contribution in [0, 0.1) is 62.4 Å². The van der Waals surface area contributed by atoms with Gasteiger partial charge in [0.1, 0.15) is 11.6 Å². The van der Waals surface area contributed by atoms with Crippen LogP contribution in [0.15, 0.2) is 18.2 Å². The SMILES string of the molecule is CC(=O)N(Cc1cc(F)cc(F)c1)CC1C[C@@H](C)[C@H]2C(O1)[C@H](O)C1(C)C3CC[C@H]4C(C)(C)C(OC5CN(C6COC6)CCO5)CCC45CC35CCC21C. The minimum absolute atomic E-state index is 0.0343. The van der Waals surface area contributed by atoms with E-state index in [0.29, 0.717) is 47.9 Å². The fourth-order valence-corrected chi connectivity index (χ4v) is 14.9. The van der Waals surface area contributed by atoms with Crippen molar-refractivity contribution in [1.29, 1.82) is 0 Å². The van der Waals surface area contributed by atoms with Crippen LogP contribution >= 0.6 is 0 Å². The van der Waals surface area contributed by atoms with E-state index in [0.717, 1.165) is 64.5 Å². The average molecular weight is 741 g/mol. The van der Waals surface area contributed by atoms with Crippen molar-refractivity contribution in [2.45, 2.75) is 136 Å². The van der Waals surface area contributed by atoms with Gasteiger partial charge in [-0.25, -0.2) is 8.78 Å². The number of amides is 1. The van der Waals surface area contributed by atoms with Crippen molar-refractivity contribution in [2.75, 3.05) is 39.5 Å². The number of hydrogen-bond acceptors (Lipinski definition) is 7. The summed E-state index contributed by atoms with van der Waals surface area (Å²) in [6.45, 7) is 18.2. The molecule has 53 heavy (non-hydrogen) atoms. The van der Waals surface area contributed by atoms with Gasteiger partial charge >= 0.3 is 0 Å². The molecule has 0 bridgehead atoms. The summed E-state index contributed by atoms with van der Waals surface area (Å²) >= 11 is 0. The lowest BCUT2D eigenvalue weighted by molar-refractivity contribution is -0.256. The van der Waals surface area contributed by atoms with Crippen LogP contribution in [-0.4, -0.2) is 97.0 Å². The van der Waals surface area contributed by atoms with Crippen molar-refractivity contribution in [1.82, 2.24) is 9.80 Å². The molecule has 10 heteroatoms. The molecule has 5 aliphatic carbocycles. The smallest absolute Gasteiger partial charge is 0.219 e. The minimum atomic E-state index is -0.651. The zero-order chi connectivity index (χ0) is 37.3. The molecule has 8 aliphatic rings. The maximum absolute atomic E-state index is 14.0. The summed E-state index contributed by atoms with van der Waals surface area (Å²) in [5.41, 5.74) is 0.665. The summed E-state index contributed by atoms with van der Waals surface area (Å²) < 4.78 is 53.6. The zero-order valence-electron chi connectivity index (χ0n) is 32.8. The second-order valence-electron chi connectivity index (χ2n) is 19.9. The van der Waals surface area contributed by atoms with Crippen molar-refractivity contribution in [3.05, 3.63) is 35.4 Å². The Morgan fingerprint density at radius 2 is 1.74 bits per heavy atom. The first-order valence-electron chi connectivity index (χ1n) is 20.8. The van der Waals surface area contributed by atoms with E-state index in [4.69, 9.17) is 18.9 Å². The first-order valence-corrected chi connectivity index (χ1v) is 20.8. The largest absolute Gasteiger partial charge is 0.390 e. The molecular weight excluding hydrogens is 678 g/mol. The number of fused-ring (bicyclic) bond motifs is 4. The van der Waals surface area contributed by atoms with E-state index >= 15 is 0 Å². The van der Waals surface area contributed by atoms with Gasteiger partial charge in [-0.2, -0.15) is 0 Å². The lowest BCUT2D eigenvalue weighted by Crippen LogP contribution is -2.60. The number of carbonyl (C=O) groups excluding carboxylic acids is 1. The number of ether oxygens (including phenoxy) is 4. The number of nitrogens with zero attached hydrogens (tertiary/aromatic N) is 2. The molecule has 13 atom stereocenters. The van der Waals surface area contributed by atoms with E-state index in [2.05, 4.69) is 39.5 Å². The predicted molar refractivity (Wildman–Crippen MR) is 194 cm³/mol. The van der Waals surface area contributed by atoms with Gasteiger partial charge in [-0.05, 0) is 114 Å². The molecule has 1 aromatic carbocycles. The average Bonchev–Trinajstić information content (AvgIpc) is 3.69. The number of morpholine rings is 1. The van der Waals surface area contributed by atoms with Crippen LogP contribution in [0.25, 0.3) is 0 Å². The molecule has 1 N–H and O–H groups in total. The van der Waals surface area contributed by atoms with Crippen LogP contribution < -0.4 is 0 Å². The lowest BCUT2D eigenvalue weighted by atomic mass is 9.41. The maximum atomic E-state index is 14.0. The Kier molecular flexibility index (Phi) is 8.82. The molecule has 5 saturated carbocycles. The highest BCUT2D eigenvalue weighted by Crippen LogP contribution is 2.89. The fraction of sp³-hybridized carbons (Fsp3) is 0.837. The third-order valence-electron chi connectivity index (χ3n) is 17.5. The Labute approximate surface area is 314 Å². The van der Waals surface area contributed by atoms with Gasteiger partial charge in [-0.1, -0.05) is 34.6 Å². The number of halogens is 2. The number of aliphatic hydroxyl groups excluding tert-OH is 1. The molecule has 3 aliphatic heterocycles. The monoisotopic (exact) mass is 740 g/mol. The fourth-order valence-electron chi connectivity index (χ4n) is 14.9. The molecular formula is C43H62F2N2O6. The number of benzene rings is 1. The first-order chi connectivity index (χ1) is 25.1. The lowest BCUT2D eigenvalue weighted by Gasteiger charge is -2.64. The van der Waals surface area contributed by atoms with Gasteiger partial charge in [-0.15, -0.1) is 0 Å². The quantitative estimate of drug-likeness (QED) is 0.339. The van der Waals surface area contributed by atoms with Gasteiger partial charge in [0.15, 0.2) is 6.29 Å². The Bertz CT molecular complexity index is 1590. The zero-order valence-corrected chi connectivity index (χ0v) is 32.8. The number of rotatable bonds is 7. The van der Waals surface area contributed by atoms with Crippen LogP contribution in [0.5, 0.6) is 0 Å². The second kappa shape index (κ2) is 12.7. The van der Waals surface area contributed by atoms with E-state index in [9.17, 15) is 18.7 Å². The molecule has 294 valence electrons. The van der Waals surface area contributed by atoms with Crippen LogP contribution in [0.4, 0.5) is 8.78 Å². The van der Waals surface area contributed by atoms with Gasteiger partial charge < -0.3 is 29.0 Å². The van der Waals surface area contributed by atoms with Crippen molar-refractivity contribution in [3.63, 3.8) is 0 Å². The summed E-state index contributed by atoms with van der Waals surface area (Å²) in [5, 5.41) is 12.7. The predicted octanol–water partition coefficient (Wildman–Crippen LogP) is 6.57. The number of aliphatic hydroxyl groups is 1. The first kappa shape index (κ1) is 36.9. The van der Waals surface area contributed by atoms with Crippen LogP contribution in [-0.2, 0) is 30.3 Å². The van der Waals surface area contributed by atoms with E-state index in [1.165, 1.54) is 38.3 Å². The van der Waals surface area contributed by atoms with Crippen molar-refractivity contribution < 1.29 is 37.6 Å². The maximum Gasteiger partial charge on any atom is 0.219 e. The van der Waals surface area contributed by atoms with Gasteiger partial charge in [0.2, 0.25) is 5.91 Å². The Balaban J connectivity index is 0.918. The molecule has 9 rings (SSSR count). The van der Waals surface area contributed by atoms with Crippen molar-refractivity contribution in [2.24, 2.45) is 50.7 Å². The molecule has 0 radical (unpaired) electrons. The Morgan fingerprint density at radius 3 is 2.43 bits per heavy atom. The Hall–Kier alpha value is -1.69. The van der Waals surface area contributed by atoms with E-state index in [-0.39, 0.29) is 64.6 Å². The minimum Gasteiger partial charge on any atom is -0.390 e. The standard InChI is InChI=1S/C43H62F2N2O6/c1-25-15-31(20-47(26(2)48)19-27-16-28(44)18-29(45)17-27)52-37-36(25)40(5)11-12-43-24-42(43)10-9-34(53-35-21-46(13-14-51-35)30-22-50-23-30)39(3,4)32(42)7-8-33(43)41(40,6)38(37)49/h16-18,25,30-38,49H,7-15,19-24H2,1-6H3/t25-,31?,32+,33?,34?,35?,36+,37?,38+,40?,41?,42?,43?/m1/s1. The summed E-state index contributed by atoms with van der Waals surface area (Å²) in [5.74, 6) is 0.0931. The number of hydrogen-bond donors (Lipinski definition) is 1. The number of carbonyl (C=O) groups is 1. The highest BCUT2D eigenvalue weighted by atomic mass is 19.1. The molecule has 2 spiro atoms. The molecule has 1 aromatic rings. The summed E-state index contributed by atoms with van der Waals surface area (Å²) in [6.07, 6.45) is 7.74. The van der Waals surface area contributed by atoms with Crippen molar-refractivity contribution in [3.8, 4) is 0 Å². The topological polar surface area (TPSA) is 80.7 Å². The third-order valence-corrected chi connectivity index (χ3v) is 17.5. The summed E-state index contributed by atoms with van der Waals surface area (Å²) in [7, 11) is 0. The molecule has 3 saturated heterocycles. The molecule has 8 nitrogen and oxygen atoms in total.